The Morgan fingerprint density at radius 2 is 2.35 bits per heavy atom. The van der Waals surface area contributed by atoms with Gasteiger partial charge < -0.3 is 10.1 Å². The van der Waals surface area contributed by atoms with E-state index >= 15 is 0 Å². The van der Waals surface area contributed by atoms with Gasteiger partial charge >= 0.3 is 5.97 Å². The van der Waals surface area contributed by atoms with E-state index in [2.05, 4.69) is 32.9 Å². The first-order valence-corrected chi connectivity index (χ1v) is 7.86. The van der Waals surface area contributed by atoms with Crippen LogP contribution in [0.15, 0.2) is 23.6 Å². The summed E-state index contributed by atoms with van der Waals surface area (Å²) >= 11 is 3.44. The molecule has 0 amide bonds. The molecule has 0 saturated heterocycles. The van der Waals surface area contributed by atoms with Crippen molar-refractivity contribution in [3.63, 3.8) is 0 Å². The highest BCUT2D eigenvalue weighted by molar-refractivity contribution is 14.1. The fourth-order valence-corrected chi connectivity index (χ4v) is 2.85. The molecule has 0 radical (unpaired) electrons. The summed E-state index contributed by atoms with van der Waals surface area (Å²) in [7, 11) is 0. The van der Waals surface area contributed by atoms with E-state index in [0.717, 1.165) is 9.26 Å². The van der Waals surface area contributed by atoms with Gasteiger partial charge in [0, 0.05) is 8.95 Å². The summed E-state index contributed by atoms with van der Waals surface area (Å²) < 4.78 is 18.6. The largest absolute Gasteiger partial charge is 0.466 e. The van der Waals surface area contributed by atoms with Gasteiger partial charge in [-0.1, -0.05) is 0 Å². The van der Waals surface area contributed by atoms with Gasteiger partial charge in [-0.05, 0) is 47.7 Å². The summed E-state index contributed by atoms with van der Waals surface area (Å²) in [6, 6.07) is 4.48. The van der Waals surface area contributed by atoms with Crippen molar-refractivity contribution in [2.75, 3.05) is 11.9 Å². The quantitative estimate of drug-likeness (QED) is 0.608. The first-order chi connectivity index (χ1) is 9.58. The van der Waals surface area contributed by atoms with Crippen LogP contribution in [0, 0.1) is 9.39 Å². The van der Waals surface area contributed by atoms with Crippen LogP contribution in [0.2, 0.25) is 0 Å². The van der Waals surface area contributed by atoms with Crippen LogP contribution in [-0.4, -0.2) is 17.6 Å². The predicted molar refractivity (Wildman–Crippen MR) is 84.9 cm³/mol. The highest BCUT2D eigenvalue weighted by Gasteiger charge is 2.09. The van der Waals surface area contributed by atoms with Crippen LogP contribution in [-0.2, 0) is 16.0 Å². The van der Waals surface area contributed by atoms with Crippen molar-refractivity contribution in [2.45, 2.75) is 13.3 Å². The van der Waals surface area contributed by atoms with Crippen molar-refractivity contribution < 1.29 is 13.9 Å². The van der Waals surface area contributed by atoms with Crippen LogP contribution in [0.1, 0.15) is 12.6 Å². The van der Waals surface area contributed by atoms with Crippen molar-refractivity contribution in [1.82, 2.24) is 4.98 Å². The zero-order valence-electron chi connectivity index (χ0n) is 10.7. The lowest BCUT2D eigenvalue weighted by Crippen LogP contribution is -2.07. The minimum atomic E-state index is -0.291. The summed E-state index contributed by atoms with van der Waals surface area (Å²) in [5.74, 6) is -0.567. The van der Waals surface area contributed by atoms with E-state index in [0.29, 0.717) is 17.4 Å². The molecule has 0 spiro atoms. The number of benzene rings is 1. The summed E-state index contributed by atoms with van der Waals surface area (Å²) in [6.45, 7) is 2.13. The molecule has 1 N–H and O–H groups in total. The normalized spacial score (nSPS) is 10.3. The number of carbonyl (C=O) groups excluding carboxylic acids is 1. The van der Waals surface area contributed by atoms with Gasteiger partial charge in [0.2, 0.25) is 0 Å². The summed E-state index contributed by atoms with van der Waals surface area (Å²) in [6.07, 6.45) is 0.159. The highest BCUT2D eigenvalue weighted by Crippen LogP contribution is 2.25. The van der Waals surface area contributed by atoms with Gasteiger partial charge in [0.15, 0.2) is 5.13 Å². The number of esters is 1. The fraction of sp³-hybridized carbons (Fsp3) is 0.231. The van der Waals surface area contributed by atoms with Gasteiger partial charge in [-0.15, -0.1) is 11.3 Å². The molecule has 0 aliphatic heterocycles. The highest BCUT2D eigenvalue weighted by atomic mass is 127. The van der Waals surface area contributed by atoms with E-state index in [9.17, 15) is 9.18 Å². The second kappa shape index (κ2) is 6.98. The molecule has 1 heterocycles. The van der Waals surface area contributed by atoms with Crippen LogP contribution in [0.4, 0.5) is 15.2 Å². The monoisotopic (exact) mass is 406 g/mol. The maximum Gasteiger partial charge on any atom is 0.311 e. The molecular weight excluding hydrogens is 394 g/mol. The Bertz CT molecular complexity index is 618. The van der Waals surface area contributed by atoms with E-state index in [1.165, 1.54) is 23.5 Å². The molecule has 0 fully saturated rings. The summed E-state index contributed by atoms with van der Waals surface area (Å²) in [4.78, 5) is 15.7. The van der Waals surface area contributed by atoms with Crippen LogP contribution in [0.5, 0.6) is 0 Å². The van der Waals surface area contributed by atoms with E-state index in [-0.39, 0.29) is 18.2 Å². The molecule has 1 aromatic carbocycles. The minimum Gasteiger partial charge on any atom is -0.466 e. The number of thiazole rings is 1. The van der Waals surface area contributed by atoms with Crippen LogP contribution in [0.25, 0.3) is 0 Å². The lowest BCUT2D eigenvalue weighted by atomic mass is 10.3. The molecule has 7 heteroatoms. The third-order valence-electron chi connectivity index (χ3n) is 2.36. The number of carbonyl (C=O) groups is 1. The maximum absolute atomic E-state index is 13.0. The van der Waals surface area contributed by atoms with Crippen molar-refractivity contribution >= 4 is 50.7 Å². The molecule has 4 nitrogen and oxygen atoms in total. The van der Waals surface area contributed by atoms with Gasteiger partial charge in [0.25, 0.3) is 0 Å². The average Bonchev–Trinajstić information content (AvgIpc) is 2.80. The van der Waals surface area contributed by atoms with Crippen LogP contribution < -0.4 is 5.32 Å². The van der Waals surface area contributed by atoms with Gasteiger partial charge in [0.1, 0.15) is 5.82 Å². The van der Waals surface area contributed by atoms with Crippen molar-refractivity contribution in [1.29, 1.82) is 0 Å². The average molecular weight is 406 g/mol. The van der Waals surface area contributed by atoms with Gasteiger partial charge in [-0.25, -0.2) is 9.37 Å². The number of aromatic nitrogens is 1. The summed E-state index contributed by atoms with van der Waals surface area (Å²) in [5.41, 5.74) is 1.44. The van der Waals surface area contributed by atoms with Crippen LogP contribution >= 0.6 is 33.9 Å². The third-order valence-corrected chi connectivity index (χ3v) is 4.05. The smallest absolute Gasteiger partial charge is 0.311 e. The number of nitrogens with one attached hydrogen (secondary N) is 1. The number of anilines is 2. The van der Waals surface area contributed by atoms with E-state index < -0.39 is 0 Å². The van der Waals surface area contributed by atoms with E-state index in [4.69, 9.17) is 4.74 Å². The molecule has 0 unspecified atom stereocenters. The molecule has 106 valence electrons. The number of halogens is 2. The van der Waals surface area contributed by atoms with Crippen molar-refractivity contribution in [2.24, 2.45) is 0 Å². The zero-order chi connectivity index (χ0) is 14.5. The first-order valence-electron chi connectivity index (χ1n) is 5.90. The standard InChI is InChI=1S/C13H12FIN2O2S/c1-2-19-12(18)6-9-7-20-13(16-9)17-11-4-3-8(14)5-10(11)15/h3-5,7H,2,6H2,1H3,(H,16,17). The number of ether oxygens (including phenoxy) is 1. The fourth-order valence-electron chi connectivity index (χ4n) is 1.51. The van der Waals surface area contributed by atoms with Gasteiger partial charge in [-0.3, -0.25) is 4.79 Å². The Labute approximate surface area is 133 Å². The molecule has 2 rings (SSSR count). The minimum absolute atomic E-state index is 0.159. The van der Waals surface area contributed by atoms with E-state index in [1.54, 1.807) is 18.4 Å². The lowest BCUT2D eigenvalue weighted by molar-refractivity contribution is -0.142. The van der Waals surface area contributed by atoms with Gasteiger partial charge in [0.05, 0.1) is 24.4 Å². The molecule has 1 aromatic heterocycles. The summed E-state index contributed by atoms with van der Waals surface area (Å²) in [5, 5.41) is 5.57. The Hall–Kier alpha value is -1.22. The van der Waals surface area contributed by atoms with E-state index in [1.807, 2.05) is 0 Å². The number of hydrogen-bond donors (Lipinski definition) is 1. The number of hydrogen-bond acceptors (Lipinski definition) is 5. The molecule has 2 aromatic rings. The molecule has 20 heavy (non-hydrogen) atoms. The topological polar surface area (TPSA) is 51.2 Å². The Morgan fingerprint density at radius 3 is 3.05 bits per heavy atom. The number of nitrogens with zero attached hydrogens (tertiary/aromatic N) is 1. The molecular formula is C13H12FIN2O2S. The van der Waals surface area contributed by atoms with Gasteiger partial charge in [-0.2, -0.15) is 0 Å². The SMILES string of the molecule is CCOC(=O)Cc1csc(Nc2ccc(F)cc2I)n1. The number of rotatable bonds is 5. The molecule has 0 atom stereocenters. The Balaban J connectivity index is 2.04. The second-order valence-electron chi connectivity index (χ2n) is 3.87. The van der Waals surface area contributed by atoms with Crippen LogP contribution in [0.3, 0.4) is 0 Å². The Kier molecular flexibility index (Phi) is 5.30. The van der Waals surface area contributed by atoms with Crippen molar-refractivity contribution in [3.8, 4) is 0 Å². The molecule has 0 aliphatic carbocycles. The molecule has 0 bridgehead atoms. The zero-order valence-corrected chi connectivity index (χ0v) is 13.6. The Morgan fingerprint density at radius 1 is 1.55 bits per heavy atom. The van der Waals surface area contributed by atoms with Crippen molar-refractivity contribution in [3.05, 3.63) is 38.7 Å². The molecule has 0 aliphatic rings. The molecule has 0 saturated carbocycles. The predicted octanol–water partition coefficient (Wildman–Crippen LogP) is 3.74. The lowest BCUT2D eigenvalue weighted by Gasteiger charge is -2.05. The maximum atomic E-state index is 13.0. The second-order valence-corrected chi connectivity index (χ2v) is 5.90. The third kappa shape index (κ3) is 4.14. The first kappa shape index (κ1) is 15.2.